The highest BCUT2D eigenvalue weighted by atomic mass is 32.1. The smallest absolute Gasteiger partial charge is 0.338 e. The molecule has 4 heterocycles. The predicted molar refractivity (Wildman–Crippen MR) is 158 cm³/mol. The molecule has 42 heavy (non-hydrogen) atoms. The number of piperazine rings is 1. The third-order valence-electron chi connectivity index (χ3n) is 9.96. The van der Waals surface area contributed by atoms with Crippen LogP contribution < -0.4 is 5.32 Å². The van der Waals surface area contributed by atoms with Crippen molar-refractivity contribution in [1.82, 2.24) is 25.0 Å². The normalized spacial score (nSPS) is 29.2. The molecule has 2 saturated carbocycles. The number of amides is 2. The fourth-order valence-corrected chi connectivity index (χ4v) is 8.43. The molecule has 1 N–H and O–H groups in total. The SMILES string of the molecule is CCOC(=O)C1=C(CN2CCN3C(=O)N(C45CCC(CC4)C5)C[C@@H]3C2)NC(c2nccs2)=N[C@H]1c1cccc(F)c1C. The summed E-state index contributed by atoms with van der Waals surface area (Å²) in [5.74, 6) is 0.524. The monoisotopic (exact) mass is 592 g/mol. The Morgan fingerprint density at radius 2 is 2.07 bits per heavy atom. The van der Waals surface area contributed by atoms with Crippen molar-refractivity contribution in [2.75, 3.05) is 39.3 Å². The molecular formula is C31H37FN6O3S. The van der Waals surface area contributed by atoms with Crippen molar-refractivity contribution in [2.24, 2.45) is 10.9 Å². The number of carbonyl (C=O) groups is 2. The Hall–Kier alpha value is -3.31. The number of ether oxygens (including phenoxy) is 1. The van der Waals surface area contributed by atoms with Gasteiger partial charge in [-0.3, -0.25) is 9.89 Å². The molecule has 222 valence electrons. The summed E-state index contributed by atoms with van der Waals surface area (Å²) >= 11 is 1.45. The Labute approximate surface area is 249 Å². The number of thiazole rings is 1. The summed E-state index contributed by atoms with van der Waals surface area (Å²) in [5, 5.41) is 6.00. The number of rotatable bonds is 7. The van der Waals surface area contributed by atoms with Crippen LogP contribution in [0.4, 0.5) is 9.18 Å². The van der Waals surface area contributed by atoms with Crippen molar-refractivity contribution in [1.29, 1.82) is 0 Å². The minimum atomic E-state index is -0.739. The van der Waals surface area contributed by atoms with Gasteiger partial charge in [-0.25, -0.2) is 19.0 Å². The zero-order chi connectivity index (χ0) is 29.0. The van der Waals surface area contributed by atoms with Crippen LogP contribution in [0.5, 0.6) is 0 Å². The summed E-state index contributed by atoms with van der Waals surface area (Å²) in [6, 6.07) is 4.47. The number of halogens is 1. The highest BCUT2D eigenvalue weighted by molar-refractivity contribution is 7.11. The third kappa shape index (κ3) is 4.61. The van der Waals surface area contributed by atoms with E-state index in [4.69, 9.17) is 9.73 Å². The van der Waals surface area contributed by atoms with Gasteiger partial charge in [-0.1, -0.05) is 12.1 Å². The third-order valence-corrected chi connectivity index (χ3v) is 10.7. The molecule has 0 spiro atoms. The van der Waals surface area contributed by atoms with Crippen molar-refractivity contribution in [3.63, 3.8) is 0 Å². The summed E-state index contributed by atoms with van der Waals surface area (Å²) in [5.41, 5.74) is 2.21. The number of hydrogen-bond donors (Lipinski definition) is 1. The average Bonchev–Trinajstić information content (AvgIpc) is 3.80. The van der Waals surface area contributed by atoms with Gasteiger partial charge in [0.15, 0.2) is 10.8 Å². The fourth-order valence-electron chi connectivity index (χ4n) is 7.84. The van der Waals surface area contributed by atoms with E-state index in [0.29, 0.717) is 52.9 Å². The van der Waals surface area contributed by atoms with E-state index >= 15 is 0 Å². The fraction of sp³-hybridized carbons (Fsp3) is 0.548. The van der Waals surface area contributed by atoms with Gasteiger partial charge in [0, 0.05) is 55.5 Å². The van der Waals surface area contributed by atoms with E-state index in [1.807, 2.05) is 11.4 Å². The molecule has 3 aliphatic heterocycles. The topological polar surface area (TPSA) is 90.4 Å². The molecule has 2 saturated heterocycles. The van der Waals surface area contributed by atoms with Gasteiger partial charge in [0.25, 0.3) is 0 Å². The average molecular weight is 593 g/mol. The molecule has 1 aromatic carbocycles. The maximum Gasteiger partial charge on any atom is 0.338 e. The number of hydrogen-bond acceptors (Lipinski definition) is 8. The summed E-state index contributed by atoms with van der Waals surface area (Å²) in [7, 11) is 0. The summed E-state index contributed by atoms with van der Waals surface area (Å²) in [4.78, 5) is 43.0. The van der Waals surface area contributed by atoms with Gasteiger partial charge in [0.1, 0.15) is 11.9 Å². The van der Waals surface area contributed by atoms with E-state index in [1.54, 1.807) is 26.1 Å². The predicted octanol–water partition coefficient (Wildman–Crippen LogP) is 4.25. The lowest BCUT2D eigenvalue weighted by molar-refractivity contribution is -0.139. The second-order valence-corrected chi connectivity index (χ2v) is 13.2. The molecule has 5 aliphatic rings. The minimum Gasteiger partial charge on any atom is -0.463 e. The number of esters is 1. The molecule has 0 unspecified atom stereocenters. The Bertz CT molecular complexity index is 1450. The lowest BCUT2D eigenvalue weighted by Gasteiger charge is -2.38. The van der Waals surface area contributed by atoms with Gasteiger partial charge < -0.3 is 19.9 Å². The van der Waals surface area contributed by atoms with Crippen molar-refractivity contribution < 1.29 is 18.7 Å². The van der Waals surface area contributed by atoms with E-state index in [1.165, 1.54) is 30.2 Å². The molecule has 11 heteroatoms. The first-order chi connectivity index (χ1) is 20.4. The van der Waals surface area contributed by atoms with Crippen LogP contribution in [-0.4, -0.2) is 88.4 Å². The number of carbonyl (C=O) groups excluding carboxylic acids is 2. The van der Waals surface area contributed by atoms with Crippen LogP contribution in [0.1, 0.15) is 61.2 Å². The van der Waals surface area contributed by atoms with Crippen molar-refractivity contribution in [3.8, 4) is 0 Å². The van der Waals surface area contributed by atoms with Crippen LogP contribution in [0.2, 0.25) is 0 Å². The van der Waals surface area contributed by atoms with Gasteiger partial charge in [0.05, 0.1) is 18.2 Å². The van der Waals surface area contributed by atoms with Crippen molar-refractivity contribution in [3.05, 3.63) is 63.0 Å². The van der Waals surface area contributed by atoms with Crippen LogP contribution in [0.3, 0.4) is 0 Å². The number of aromatic nitrogens is 1. The first-order valence-corrected chi connectivity index (χ1v) is 16.0. The van der Waals surface area contributed by atoms with E-state index in [9.17, 15) is 14.0 Å². The first kappa shape index (κ1) is 27.5. The van der Waals surface area contributed by atoms with Gasteiger partial charge >= 0.3 is 12.0 Å². The highest BCUT2D eigenvalue weighted by Gasteiger charge is 2.55. The summed E-state index contributed by atoms with van der Waals surface area (Å²) in [6.45, 7) is 6.99. The molecule has 4 fully saturated rings. The summed E-state index contributed by atoms with van der Waals surface area (Å²) in [6.07, 6.45) is 7.62. The number of fused-ring (bicyclic) bond motifs is 3. The maximum absolute atomic E-state index is 14.8. The minimum absolute atomic E-state index is 0.0591. The Morgan fingerprint density at radius 1 is 1.24 bits per heavy atom. The lowest BCUT2D eigenvalue weighted by atomic mass is 9.92. The molecule has 7 rings (SSSR count). The largest absolute Gasteiger partial charge is 0.463 e. The first-order valence-electron chi connectivity index (χ1n) is 15.1. The molecule has 2 aliphatic carbocycles. The van der Waals surface area contributed by atoms with Gasteiger partial charge in [-0.2, -0.15) is 0 Å². The molecule has 2 aromatic rings. The van der Waals surface area contributed by atoms with Gasteiger partial charge in [-0.15, -0.1) is 11.3 Å². The number of nitrogens with zero attached hydrogens (tertiary/aromatic N) is 5. The van der Waals surface area contributed by atoms with Crippen molar-refractivity contribution in [2.45, 2.75) is 63.6 Å². The van der Waals surface area contributed by atoms with E-state index in [0.717, 1.165) is 38.3 Å². The second-order valence-electron chi connectivity index (χ2n) is 12.3. The van der Waals surface area contributed by atoms with Crippen LogP contribution in [-0.2, 0) is 9.53 Å². The Kier molecular flexibility index (Phi) is 7.05. The highest BCUT2D eigenvalue weighted by Crippen LogP contribution is 2.52. The number of urea groups is 1. The van der Waals surface area contributed by atoms with Crippen LogP contribution in [0.15, 0.2) is 46.0 Å². The van der Waals surface area contributed by atoms with Crippen LogP contribution in [0.25, 0.3) is 0 Å². The van der Waals surface area contributed by atoms with Gasteiger partial charge in [-0.05, 0) is 69.1 Å². The number of amidine groups is 1. The zero-order valence-corrected chi connectivity index (χ0v) is 25.0. The molecule has 2 atom stereocenters. The molecular weight excluding hydrogens is 555 g/mol. The standard InChI is InChI=1S/C31H37FN6O3S/c1-3-41-29(39)25-24(34-27(28-33-11-14-42-28)35-26(25)22-5-4-6-23(32)19(22)2)18-36-12-13-37-21(16-36)17-38(30(37)40)31-9-7-20(15-31)8-10-31/h4-6,11,14,20-21,26H,3,7-10,12-13,15-18H2,1-2H3,(H,34,35)/t20?,21-,26-,31?/m0/s1. The van der Waals surface area contributed by atoms with Crippen LogP contribution >= 0.6 is 11.3 Å². The number of nitrogens with one attached hydrogen (secondary N) is 1. The molecule has 1 aromatic heterocycles. The number of aliphatic imine (C=N–C) groups is 1. The van der Waals surface area contributed by atoms with Gasteiger partial charge in [0.2, 0.25) is 0 Å². The Balaban J connectivity index is 1.19. The van der Waals surface area contributed by atoms with Crippen molar-refractivity contribution >= 4 is 29.2 Å². The van der Waals surface area contributed by atoms with E-state index in [2.05, 4.69) is 25.0 Å². The Morgan fingerprint density at radius 3 is 2.79 bits per heavy atom. The molecule has 2 amide bonds. The lowest BCUT2D eigenvalue weighted by Crippen LogP contribution is -2.53. The molecule has 2 bridgehead atoms. The second kappa shape index (κ2) is 10.8. The molecule has 0 radical (unpaired) electrons. The maximum atomic E-state index is 14.8. The van der Waals surface area contributed by atoms with E-state index < -0.39 is 12.0 Å². The summed E-state index contributed by atoms with van der Waals surface area (Å²) < 4.78 is 20.3. The quantitative estimate of drug-likeness (QED) is 0.484. The van der Waals surface area contributed by atoms with Crippen LogP contribution in [0, 0.1) is 18.7 Å². The van der Waals surface area contributed by atoms with E-state index in [-0.39, 0.29) is 30.0 Å². The number of benzene rings is 1. The molecule has 9 nitrogen and oxygen atoms in total. The zero-order valence-electron chi connectivity index (χ0n) is 24.1.